The molecular weight excluding hydrogens is 234 g/mol. The van der Waals surface area contributed by atoms with E-state index in [0.29, 0.717) is 0 Å². The van der Waals surface area contributed by atoms with Gasteiger partial charge in [0.25, 0.3) is 10.0 Å². The fraction of sp³-hybridized carbons (Fsp3) is 0. The zero-order valence-electron chi connectivity index (χ0n) is 6.99. The first kappa shape index (κ1) is 19.0. The molecule has 0 aliphatic rings. The molecule has 14 heavy (non-hydrogen) atoms. The molecule has 1 aromatic carbocycles. The third-order valence-electron chi connectivity index (χ3n) is 1.16. The van der Waals surface area contributed by atoms with Crippen molar-refractivity contribution in [2.75, 3.05) is 0 Å². The highest BCUT2D eigenvalue weighted by molar-refractivity contribution is 7.90. The summed E-state index contributed by atoms with van der Waals surface area (Å²) in [7, 11) is -3.48. The normalized spacial score (nSPS) is 8.93. The van der Waals surface area contributed by atoms with Crippen LogP contribution in [0.2, 0.25) is 0 Å². The van der Waals surface area contributed by atoms with Gasteiger partial charge in [-0.3, -0.25) is 0 Å². The zero-order chi connectivity index (χ0) is 8.32. The number of sulfonamides is 1. The first-order valence-electron chi connectivity index (χ1n) is 2.84. The highest BCUT2D eigenvalue weighted by Crippen LogP contribution is 2.06. The van der Waals surface area contributed by atoms with Gasteiger partial charge in [0.2, 0.25) is 0 Å². The topological polar surface area (TPSA) is 141 Å². The van der Waals surface area contributed by atoms with Crippen molar-refractivity contribution in [3.8, 4) is 0 Å². The van der Waals surface area contributed by atoms with E-state index in [0.717, 1.165) is 0 Å². The summed E-state index contributed by atoms with van der Waals surface area (Å²) in [6, 6.07) is 7.91. The highest BCUT2D eigenvalue weighted by Gasteiger charge is 2.09. The first-order valence-corrected chi connectivity index (χ1v) is 4.70. The Morgan fingerprint density at radius 3 is 1.79 bits per heavy atom. The Morgan fingerprint density at radius 2 is 1.43 bits per heavy atom. The van der Waals surface area contributed by atoms with E-state index in [1.165, 1.54) is 12.1 Å². The van der Waals surface area contributed by atoms with Gasteiger partial charge in [0.05, 0.1) is 4.90 Å². The van der Waals surface area contributed by atoms with Gasteiger partial charge in [-0.15, -0.1) is 4.24 Å². The molecule has 84 valence electrons. The SMILES string of the molecule is O.O.O.O=S(=O)(NCl)c1ccccc1. The van der Waals surface area contributed by atoms with E-state index in [1.807, 2.05) is 0 Å². The smallest absolute Gasteiger partial charge is 0.253 e. The van der Waals surface area contributed by atoms with Crippen molar-refractivity contribution in [1.29, 1.82) is 0 Å². The van der Waals surface area contributed by atoms with E-state index >= 15 is 0 Å². The fourth-order valence-corrected chi connectivity index (χ4v) is 1.52. The standard InChI is InChI=1S/C6H6ClNO2S.3H2O/c7-8-11(9,10)6-4-2-1-3-5-6;;;/h1-5,8H;3*1H2. The lowest BCUT2D eigenvalue weighted by Crippen LogP contribution is -2.12. The van der Waals surface area contributed by atoms with Crippen molar-refractivity contribution in [2.45, 2.75) is 4.90 Å². The molecule has 0 aliphatic carbocycles. The third kappa shape index (κ3) is 4.51. The molecule has 0 spiro atoms. The molecule has 7 N–H and O–H groups in total. The second-order valence-corrected chi connectivity index (χ2v) is 3.99. The van der Waals surface area contributed by atoms with Gasteiger partial charge in [-0.05, 0) is 23.9 Å². The summed E-state index contributed by atoms with van der Waals surface area (Å²) in [5.74, 6) is 0. The van der Waals surface area contributed by atoms with Crippen molar-refractivity contribution in [3.63, 3.8) is 0 Å². The minimum Gasteiger partial charge on any atom is -0.412 e. The van der Waals surface area contributed by atoms with E-state index < -0.39 is 10.0 Å². The number of nitrogens with one attached hydrogen (secondary N) is 1. The van der Waals surface area contributed by atoms with Gasteiger partial charge in [-0.1, -0.05) is 18.2 Å². The van der Waals surface area contributed by atoms with Crippen LogP contribution in [0.1, 0.15) is 0 Å². The van der Waals surface area contributed by atoms with Crippen LogP contribution in [-0.2, 0) is 10.0 Å². The van der Waals surface area contributed by atoms with Crippen LogP contribution >= 0.6 is 11.8 Å². The molecule has 0 saturated carbocycles. The van der Waals surface area contributed by atoms with Crippen molar-refractivity contribution >= 4 is 21.8 Å². The van der Waals surface area contributed by atoms with E-state index in [1.54, 1.807) is 22.4 Å². The molecule has 1 rings (SSSR count). The van der Waals surface area contributed by atoms with Gasteiger partial charge in [0.15, 0.2) is 0 Å². The summed E-state index contributed by atoms with van der Waals surface area (Å²) in [4.78, 5) is 0.162. The van der Waals surface area contributed by atoms with Crippen molar-refractivity contribution in [3.05, 3.63) is 30.3 Å². The molecule has 6 nitrogen and oxygen atoms in total. The first-order chi connectivity index (χ1) is 5.17. The molecule has 1 aromatic rings. The summed E-state index contributed by atoms with van der Waals surface area (Å²) < 4.78 is 23.6. The Labute approximate surface area is 86.6 Å². The van der Waals surface area contributed by atoms with Gasteiger partial charge < -0.3 is 16.4 Å². The molecule has 0 aliphatic heterocycles. The predicted molar refractivity (Wildman–Crippen MR) is 53.5 cm³/mol. The highest BCUT2D eigenvalue weighted by atomic mass is 35.5. The van der Waals surface area contributed by atoms with Gasteiger partial charge in [0, 0.05) is 0 Å². The molecule has 0 amide bonds. The minimum absolute atomic E-state index is 0. The molecule has 0 bridgehead atoms. The summed E-state index contributed by atoms with van der Waals surface area (Å²) >= 11 is 4.99. The molecule has 0 heterocycles. The lowest BCUT2D eigenvalue weighted by molar-refractivity contribution is 0.594. The summed E-state index contributed by atoms with van der Waals surface area (Å²) in [6.45, 7) is 0. The van der Waals surface area contributed by atoms with Crippen molar-refractivity contribution < 1.29 is 24.8 Å². The van der Waals surface area contributed by atoms with Gasteiger partial charge in [0.1, 0.15) is 0 Å². The Kier molecular flexibility index (Phi) is 10.4. The third-order valence-corrected chi connectivity index (χ3v) is 2.86. The second-order valence-electron chi connectivity index (χ2n) is 1.89. The Morgan fingerprint density at radius 1 is 1.00 bits per heavy atom. The van der Waals surface area contributed by atoms with E-state index in [9.17, 15) is 8.42 Å². The van der Waals surface area contributed by atoms with Crippen LogP contribution in [0.5, 0.6) is 0 Å². The van der Waals surface area contributed by atoms with Crippen LogP contribution in [-0.4, -0.2) is 24.8 Å². The summed E-state index contributed by atoms with van der Waals surface area (Å²) in [6.07, 6.45) is 0. The molecule has 0 radical (unpaired) electrons. The molecule has 0 saturated heterocycles. The largest absolute Gasteiger partial charge is 0.412 e. The summed E-state index contributed by atoms with van der Waals surface area (Å²) in [5, 5.41) is 0. The van der Waals surface area contributed by atoms with Gasteiger partial charge in [-0.2, -0.15) is 0 Å². The van der Waals surface area contributed by atoms with Crippen LogP contribution in [0.15, 0.2) is 35.2 Å². The van der Waals surface area contributed by atoms with Crippen LogP contribution in [0.25, 0.3) is 0 Å². The number of benzene rings is 1. The number of hydrogen-bond acceptors (Lipinski definition) is 2. The van der Waals surface area contributed by atoms with Crippen molar-refractivity contribution in [2.24, 2.45) is 0 Å². The minimum atomic E-state index is -3.48. The quantitative estimate of drug-likeness (QED) is 0.643. The Balaban J connectivity index is -0.000000403. The molecule has 0 fully saturated rings. The maximum atomic E-state index is 11.0. The lowest BCUT2D eigenvalue weighted by Gasteiger charge is -1.97. The summed E-state index contributed by atoms with van der Waals surface area (Å²) in [5.41, 5.74) is 0. The number of hydrogen-bond donors (Lipinski definition) is 1. The number of rotatable bonds is 2. The molecule has 0 atom stereocenters. The maximum absolute atomic E-state index is 11.0. The Hall–Kier alpha value is -0.700. The van der Waals surface area contributed by atoms with Crippen LogP contribution in [0.4, 0.5) is 0 Å². The Bertz CT molecular complexity index is 327. The predicted octanol–water partition coefficient (Wildman–Crippen LogP) is -1.36. The van der Waals surface area contributed by atoms with Crippen molar-refractivity contribution in [1.82, 2.24) is 4.24 Å². The van der Waals surface area contributed by atoms with E-state index in [2.05, 4.69) is 0 Å². The molecule has 8 heteroatoms. The van der Waals surface area contributed by atoms with Gasteiger partial charge in [-0.25, -0.2) is 8.42 Å². The van der Waals surface area contributed by atoms with Gasteiger partial charge >= 0.3 is 0 Å². The molecule has 0 aromatic heterocycles. The van der Waals surface area contributed by atoms with Crippen LogP contribution < -0.4 is 4.24 Å². The maximum Gasteiger partial charge on any atom is 0.253 e. The van der Waals surface area contributed by atoms with Crippen LogP contribution in [0.3, 0.4) is 0 Å². The molecule has 0 unspecified atom stereocenters. The fourth-order valence-electron chi connectivity index (χ4n) is 0.644. The second kappa shape index (κ2) is 7.68. The number of halogens is 1. The zero-order valence-corrected chi connectivity index (χ0v) is 8.56. The average Bonchev–Trinajstić information content (AvgIpc) is 2.06. The average molecular weight is 246 g/mol. The monoisotopic (exact) mass is 245 g/mol. The molecular formula is C6H12ClNO5S. The van der Waals surface area contributed by atoms with E-state index in [-0.39, 0.29) is 21.3 Å². The lowest BCUT2D eigenvalue weighted by atomic mass is 10.4. The van der Waals surface area contributed by atoms with E-state index in [4.69, 9.17) is 11.8 Å². The van der Waals surface area contributed by atoms with Crippen LogP contribution in [0, 0.1) is 0 Å².